The van der Waals surface area contributed by atoms with Crippen LogP contribution in [-0.2, 0) is 6.54 Å². The lowest BCUT2D eigenvalue weighted by Crippen LogP contribution is -2.23. The van der Waals surface area contributed by atoms with Gasteiger partial charge in [0.25, 0.3) is 0 Å². The van der Waals surface area contributed by atoms with Crippen LogP contribution in [0.25, 0.3) is 11.4 Å². The Morgan fingerprint density at radius 3 is 2.61 bits per heavy atom. The highest BCUT2D eigenvalue weighted by Gasteiger charge is 2.28. The second-order valence-corrected chi connectivity index (χ2v) is 9.21. The first-order valence-electron chi connectivity index (χ1n) is 11.5. The van der Waals surface area contributed by atoms with E-state index in [-0.39, 0.29) is 22.5 Å². The summed E-state index contributed by atoms with van der Waals surface area (Å²) in [7, 11) is 0. The van der Waals surface area contributed by atoms with E-state index in [1.807, 2.05) is 30.3 Å². The van der Waals surface area contributed by atoms with Gasteiger partial charge in [-0.2, -0.15) is 4.98 Å². The zero-order valence-corrected chi connectivity index (χ0v) is 19.0. The molecule has 8 heteroatoms. The number of hydrogen-bond donors (Lipinski definition) is 2. The minimum atomic E-state index is -0.455. The summed E-state index contributed by atoms with van der Waals surface area (Å²) in [4.78, 5) is 16.7. The van der Waals surface area contributed by atoms with Gasteiger partial charge >= 0.3 is 11.8 Å². The van der Waals surface area contributed by atoms with Crippen molar-refractivity contribution in [1.29, 1.82) is 0 Å². The molecule has 1 heterocycles. The maximum atomic E-state index is 12.5. The van der Waals surface area contributed by atoms with Crippen LogP contribution in [0, 0.1) is 0 Å². The number of phenols is 1. The number of ether oxygens (including phenoxy) is 1. The molecule has 2 saturated carbocycles. The molecule has 2 fully saturated rings. The average Bonchev–Trinajstić information content (AvgIpc) is 3.56. The topological polar surface area (TPSA) is 97.5 Å². The molecule has 0 saturated heterocycles. The van der Waals surface area contributed by atoms with Gasteiger partial charge in [-0.05, 0) is 79.8 Å². The van der Waals surface area contributed by atoms with E-state index in [0.717, 1.165) is 42.6 Å². The van der Waals surface area contributed by atoms with Crippen molar-refractivity contribution in [2.45, 2.75) is 63.5 Å². The average molecular weight is 468 g/mol. The standard InChI is InChI=1S/C25H26ClN3O4/c26-21-13-17(12-20(22(21)30)16-8-9-16)23-28-25(33-29-23)24(31)27-14-15-6-10-19(11-7-15)32-18-4-2-1-3-5-18/h6-7,10-13,16,18,30H,1-5,8-9,14H2,(H,27,31). The zero-order valence-electron chi connectivity index (χ0n) is 18.2. The largest absolute Gasteiger partial charge is 0.506 e. The number of carbonyl (C=O) groups is 1. The molecule has 2 aromatic carbocycles. The van der Waals surface area contributed by atoms with E-state index >= 15 is 0 Å². The van der Waals surface area contributed by atoms with Gasteiger partial charge in [0.15, 0.2) is 0 Å². The second kappa shape index (κ2) is 9.43. The van der Waals surface area contributed by atoms with E-state index in [1.165, 1.54) is 19.3 Å². The highest BCUT2D eigenvalue weighted by molar-refractivity contribution is 6.32. The number of aromatic hydroxyl groups is 1. The van der Waals surface area contributed by atoms with E-state index in [2.05, 4.69) is 15.5 Å². The summed E-state index contributed by atoms with van der Waals surface area (Å²) < 4.78 is 11.2. The van der Waals surface area contributed by atoms with Crippen molar-refractivity contribution in [2.75, 3.05) is 0 Å². The predicted octanol–water partition coefficient (Wildman–Crippen LogP) is 5.61. The van der Waals surface area contributed by atoms with E-state index < -0.39 is 5.91 Å². The number of phenolic OH excluding ortho intramolecular Hbond substituents is 1. The lowest BCUT2D eigenvalue weighted by molar-refractivity contribution is 0.0907. The summed E-state index contributed by atoms with van der Waals surface area (Å²) >= 11 is 6.17. The number of aromatic nitrogens is 2. The molecule has 0 aliphatic heterocycles. The Bertz CT molecular complexity index is 1140. The molecule has 1 amide bonds. The molecular formula is C25H26ClN3O4. The number of rotatable bonds is 7. The molecular weight excluding hydrogens is 442 g/mol. The number of benzene rings is 2. The Kier molecular flexibility index (Phi) is 6.22. The lowest BCUT2D eigenvalue weighted by atomic mass is 9.98. The highest BCUT2D eigenvalue weighted by atomic mass is 35.5. The van der Waals surface area contributed by atoms with Gasteiger partial charge in [0, 0.05) is 12.1 Å². The molecule has 0 bridgehead atoms. The second-order valence-electron chi connectivity index (χ2n) is 8.80. The van der Waals surface area contributed by atoms with Gasteiger partial charge in [-0.25, -0.2) is 0 Å². The van der Waals surface area contributed by atoms with Crippen LogP contribution in [-0.4, -0.2) is 27.3 Å². The van der Waals surface area contributed by atoms with Gasteiger partial charge in [-0.15, -0.1) is 0 Å². The molecule has 33 heavy (non-hydrogen) atoms. The van der Waals surface area contributed by atoms with Crippen LogP contribution in [0.5, 0.6) is 11.5 Å². The summed E-state index contributed by atoms with van der Waals surface area (Å²) in [6, 6.07) is 11.1. The molecule has 2 aliphatic rings. The number of carbonyl (C=O) groups excluding carboxylic acids is 1. The first-order chi connectivity index (χ1) is 16.1. The van der Waals surface area contributed by atoms with Crippen molar-refractivity contribution in [3.8, 4) is 22.9 Å². The number of nitrogens with zero attached hydrogens (tertiary/aromatic N) is 2. The molecule has 7 nitrogen and oxygen atoms in total. The van der Waals surface area contributed by atoms with Gasteiger partial charge < -0.3 is 19.7 Å². The smallest absolute Gasteiger partial charge is 0.316 e. The summed E-state index contributed by atoms with van der Waals surface area (Å²) in [6.45, 7) is 0.330. The Morgan fingerprint density at radius 2 is 1.88 bits per heavy atom. The molecule has 0 spiro atoms. The van der Waals surface area contributed by atoms with Crippen molar-refractivity contribution in [3.63, 3.8) is 0 Å². The van der Waals surface area contributed by atoms with Crippen LogP contribution in [0.3, 0.4) is 0 Å². The maximum absolute atomic E-state index is 12.5. The molecule has 0 unspecified atom stereocenters. The summed E-state index contributed by atoms with van der Waals surface area (Å²) in [5.41, 5.74) is 2.33. The first-order valence-corrected chi connectivity index (χ1v) is 11.8. The minimum Gasteiger partial charge on any atom is -0.506 e. The Balaban J connectivity index is 1.19. The third-order valence-corrected chi connectivity index (χ3v) is 6.51. The van der Waals surface area contributed by atoms with Crippen molar-refractivity contribution < 1.29 is 19.2 Å². The van der Waals surface area contributed by atoms with E-state index in [0.29, 0.717) is 24.1 Å². The predicted molar refractivity (Wildman–Crippen MR) is 123 cm³/mol. The third kappa shape index (κ3) is 5.14. The quantitative estimate of drug-likeness (QED) is 0.468. The molecule has 0 atom stereocenters. The first kappa shape index (κ1) is 21.8. The van der Waals surface area contributed by atoms with Gasteiger partial charge in [0.05, 0.1) is 11.1 Å². The number of hydrogen-bond acceptors (Lipinski definition) is 6. The van der Waals surface area contributed by atoms with Crippen molar-refractivity contribution >= 4 is 17.5 Å². The third-order valence-electron chi connectivity index (χ3n) is 6.22. The Morgan fingerprint density at radius 1 is 1.12 bits per heavy atom. The fourth-order valence-corrected chi connectivity index (χ4v) is 4.43. The van der Waals surface area contributed by atoms with E-state index in [1.54, 1.807) is 6.07 Å². The van der Waals surface area contributed by atoms with Crippen LogP contribution >= 0.6 is 11.6 Å². The number of nitrogens with one attached hydrogen (secondary N) is 1. The Hall–Kier alpha value is -3.06. The fourth-order valence-electron chi connectivity index (χ4n) is 4.21. The summed E-state index contributed by atoms with van der Waals surface area (Å²) in [5, 5.41) is 17.1. The molecule has 1 aromatic heterocycles. The van der Waals surface area contributed by atoms with Crippen LogP contribution < -0.4 is 10.1 Å². The van der Waals surface area contributed by atoms with Crippen molar-refractivity contribution in [2.24, 2.45) is 0 Å². The van der Waals surface area contributed by atoms with Gasteiger partial charge in [-0.1, -0.05) is 35.3 Å². The Labute approximate surface area is 197 Å². The molecule has 3 aromatic rings. The SMILES string of the molecule is O=C(NCc1ccc(OC2CCCCC2)cc1)c1nc(-c2cc(Cl)c(O)c(C3CC3)c2)no1. The van der Waals surface area contributed by atoms with Crippen molar-refractivity contribution in [1.82, 2.24) is 15.5 Å². The zero-order chi connectivity index (χ0) is 22.8. The molecule has 2 aliphatic carbocycles. The van der Waals surface area contributed by atoms with Crippen LogP contribution in [0.2, 0.25) is 5.02 Å². The number of halogens is 1. The van der Waals surface area contributed by atoms with Crippen LogP contribution in [0.4, 0.5) is 0 Å². The summed E-state index contributed by atoms with van der Waals surface area (Å²) in [6.07, 6.45) is 8.32. The van der Waals surface area contributed by atoms with Crippen molar-refractivity contribution in [3.05, 3.63) is 58.4 Å². The van der Waals surface area contributed by atoms with Crippen LogP contribution in [0.15, 0.2) is 40.9 Å². The normalized spacial score (nSPS) is 16.5. The van der Waals surface area contributed by atoms with E-state index in [4.69, 9.17) is 20.9 Å². The van der Waals surface area contributed by atoms with Crippen LogP contribution in [0.1, 0.15) is 72.7 Å². The fraction of sp³-hybridized carbons (Fsp3) is 0.400. The highest BCUT2D eigenvalue weighted by Crippen LogP contribution is 2.47. The van der Waals surface area contributed by atoms with E-state index in [9.17, 15) is 9.90 Å². The molecule has 5 rings (SSSR count). The maximum Gasteiger partial charge on any atom is 0.316 e. The number of amides is 1. The monoisotopic (exact) mass is 467 g/mol. The minimum absolute atomic E-state index is 0.0968. The molecule has 172 valence electrons. The molecule has 0 radical (unpaired) electrons. The lowest BCUT2D eigenvalue weighted by Gasteiger charge is -2.23. The van der Waals surface area contributed by atoms with Gasteiger partial charge in [0.2, 0.25) is 5.82 Å². The van der Waals surface area contributed by atoms with Gasteiger partial charge in [-0.3, -0.25) is 4.79 Å². The molecule has 2 N–H and O–H groups in total. The summed E-state index contributed by atoms with van der Waals surface area (Å²) in [5.74, 6) is 0.934. The van der Waals surface area contributed by atoms with Gasteiger partial charge in [0.1, 0.15) is 11.5 Å².